The fraction of sp³-hybridized carbons (Fsp3) is 0.600. The van der Waals surface area contributed by atoms with Crippen LogP contribution < -0.4 is 5.32 Å². The minimum absolute atomic E-state index is 0.127. The first-order chi connectivity index (χ1) is 9.79. The predicted molar refractivity (Wildman–Crippen MR) is 72.9 cm³/mol. The first-order valence-corrected chi connectivity index (χ1v) is 7.01. The molecule has 0 radical (unpaired) electrons. The monoisotopic (exact) mass is 303 g/mol. The van der Waals surface area contributed by atoms with Crippen molar-refractivity contribution in [3.8, 4) is 0 Å². The fourth-order valence-electron chi connectivity index (χ4n) is 2.41. The summed E-state index contributed by atoms with van der Waals surface area (Å²) in [6, 6.07) is 4.81. The minimum atomic E-state index is -4.41. The average Bonchev–Trinajstić information content (AvgIpc) is 2.91. The van der Waals surface area contributed by atoms with Gasteiger partial charge in [0.1, 0.15) is 0 Å². The molecule has 21 heavy (non-hydrogen) atoms. The van der Waals surface area contributed by atoms with Crippen molar-refractivity contribution in [3.05, 3.63) is 35.4 Å². The molecule has 0 spiro atoms. The number of benzene rings is 1. The molecule has 0 aliphatic carbocycles. The molecule has 118 valence electrons. The predicted octanol–water partition coefficient (Wildman–Crippen LogP) is 2.68. The van der Waals surface area contributed by atoms with Crippen LogP contribution in [0.4, 0.5) is 13.2 Å². The molecule has 2 N–H and O–H groups in total. The summed E-state index contributed by atoms with van der Waals surface area (Å²) in [5.41, 5.74) is -1.86. The average molecular weight is 303 g/mol. The standard InChI is InChI=1S/C15H20F3NO2/c1-14(20,10-19-9-13-6-3-7-21-13)11-4-2-5-12(8-11)15(16,17)18/h2,4-5,8,13,19-20H,3,6-7,9-10H2,1H3. The van der Waals surface area contributed by atoms with E-state index in [4.69, 9.17) is 4.74 Å². The molecule has 1 aromatic carbocycles. The lowest BCUT2D eigenvalue weighted by Gasteiger charge is -2.26. The molecule has 1 saturated heterocycles. The van der Waals surface area contributed by atoms with Crippen molar-refractivity contribution in [1.29, 1.82) is 0 Å². The SMILES string of the molecule is CC(O)(CNCC1CCCO1)c1cccc(C(F)(F)F)c1. The quantitative estimate of drug-likeness (QED) is 0.879. The number of halogens is 3. The number of hydrogen-bond donors (Lipinski definition) is 2. The van der Waals surface area contributed by atoms with Crippen molar-refractivity contribution in [2.45, 2.75) is 37.6 Å². The van der Waals surface area contributed by atoms with Crippen molar-refractivity contribution in [3.63, 3.8) is 0 Å². The Morgan fingerprint density at radius 1 is 1.33 bits per heavy atom. The van der Waals surface area contributed by atoms with Gasteiger partial charge in [0, 0.05) is 19.7 Å². The highest BCUT2D eigenvalue weighted by molar-refractivity contribution is 5.29. The highest BCUT2D eigenvalue weighted by atomic mass is 19.4. The molecular formula is C15H20F3NO2. The third-order valence-electron chi connectivity index (χ3n) is 3.68. The molecule has 1 aliphatic heterocycles. The number of alkyl halides is 3. The fourth-order valence-corrected chi connectivity index (χ4v) is 2.41. The Kier molecular flexibility index (Phi) is 4.91. The van der Waals surface area contributed by atoms with Gasteiger partial charge in [-0.2, -0.15) is 13.2 Å². The van der Waals surface area contributed by atoms with E-state index in [2.05, 4.69) is 5.32 Å². The molecule has 1 heterocycles. The molecule has 2 rings (SSSR count). The van der Waals surface area contributed by atoms with Crippen LogP contribution in [0.2, 0.25) is 0 Å². The third kappa shape index (κ3) is 4.43. The third-order valence-corrected chi connectivity index (χ3v) is 3.68. The molecule has 2 atom stereocenters. The molecule has 0 amide bonds. The molecule has 3 nitrogen and oxygen atoms in total. The van der Waals surface area contributed by atoms with Gasteiger partial charge in [-0.05, 0) is 37.5 Å². The molecule has 0 bridgehead atoms. The molecule has 1 fully saturated rings. The van der Waals surface area contributed by atoms with Crippen molar-refractivity contribution in [2.24, 2.45) is 0 Å². The normalized spacial score (nSPS) is 22.2. The number of ether oxygens (including phenoxy) is 1. The molecular weight excluding hydrogens is 283 g/mol. The van der Waals surface area contributed by atoms with Crippen molar-refractivity contribution in [1.82, 2.24) is 5.32 Å². The second-order valence-corrected chi connectivity index (χ2v) is 5.62. The maximum atomic E-state index is 12.7. The van der Waals surface area contributed by atoms with Crippen LogP contribution in [0.15, 0.2) is 24.3 Å². The summed E-state index contributed by atoms with van der Waals surface area (Å²) in [6.45, 7) is 3.02. The van der Waals surface area contributed by atoms with E-state index in [1.807, 2.05) is 0 Å². The largest absolute Gasteiger partial charge is 0.416 e. The van der Waals surface area contributed by atoms with Crippen LogP contribution in [0, 0.1) is 0 Å². The van der Waals surface area contributed by atoms with Crippen LogP contribution in [-0.2, 0) is 16.5 Å². The van der Waals surface area contributed by atoms with E-state index in [1.54, 1.807) is 0 Å². The van der Waals surface area contributed by atoms with Gasteiger partial charge in [0.25, 0.3) is 0 Å². The van der Waals surface area contributed by atoms with Crippen LogP contribution >= 0.6 is 0 Å². The van der Waals surface area contributed by atoms with Crippen molar-refractivity contribution < 1.29 is 23.0 Å². The zero-order valence-electron chi connectivity index (χ0n) is 11.9. The van der Waals surface area contributed by atoms with Gasteiger partial charge in [-0.1, -0.05) is 12.1 Å². The second-order valence-electron chi connectivity index (χ2n) is 5.62. The summed E-state index contributed by atoms with van der Waals surface area (Å²) in [5, 5.41) is 13.4. The topological polar surface area (TPSA) is 41.5 Å². The van der Waals surface area contributed by atoms with E-state index in [-0.39, 0.29) is 18.2 Å². The van der Waals surface area contributed by atoms with E-state index >= 15 is 0 Å². The molecule has 1 aliphatic rings. The maximum Gasteiger partial charge on any atom is 0.416 e. The van der Waals surface area contributed by atoms with Crippen molar-refractivity contribution >= 4 is 0 Å². The van der Waals surface area contributed by atoms with Gasteiger partial charge in [0.05, 0.1) is 17.3 Å². The van der Waals surface area contributed by atoms with Crippen LogP contribution in [0.1, 0.15) is 30.9 Å². The first-order valence-electron chi connectivity index (χ1n) is 7.01. The summed E-state index contributed by atoms with van der Waals surface area (Å²) in [7, 11) is 0. The second kappa shape index (κ2) is 6.34. The lowest BCUT2D eigenvalue weighted by molar-refractivity contribution is -0.137. The minimum Gasteiger partial charge on any atom is -0.384 e. The molecule has 2 unspecified atom stereocenters. The molecule has 0 aromatic heterocycles. The number of rotatable bonds is 5. The van der Waals surface area contributed by atoms with Gasteiger partial charge in [0.15, 0.2) is 0 Å². The lowest BCUT2D eigenvalue weighted by Crippen LogP contribution is -2.38. The molecule has 0 saturated carbocycles. The Bertz CT molecular complexity index is 468. The van der Waals surface area contributed by atoms with Gasteiger partial charge in [-0.3, -0.25) is 0 Å². The van der Waals surface area contributed by atoms with Crippen LogP contribution in [0.25, 0.3) is 0 Å². The van der Waals surface area contributed by atoms with Crippen molar-refractivity contribution in [2.75, 3.05) is 19.7 Å². The lowest BCUT2D eigenvalue weighted by atomic mass is 9.94. The van der Waals surface area contributed by atoms with E-state index in [9.17, 15) is 18.3 Å². The summed E-state index contributed by atoms with van der Waals surface area (Å²) in [6.07, 6.45) is -2.28. The summed E-state index contributed by atoms with van der Waals surface area (Å²) >= 11 is 0. The molecule has 1 aromatic rings. The Morgan fingerprint density at radius 2 is 2.05 bits per heavy atom. The zero-order chi connectivity index (χ0) is 15.5. The van der Waals surface area contributed by atoms with Gasteiger partial charge in [-0.15, -0.1) is 0 Å². The Morgan fingerprint density at radius 3 is 2.67 bits per heavy atom. The smallest absolute Gasteiger partial charge is 0.384 e. The Labute approximate surface area is 122 Å². The van der Waals surface area contributed by atoms with Crippen LogP contribution in [-0.4, -0.2) is 30.9 Å². The summed E-state index contributed by atoms with van der Waals surface area (Å²) in [5.74, 6) is 0. The highest BCUT2D eigenvalue weighted by Crippen LogP contribution is 2.31. The van der Waals surface area contributed by atoms with Gasteiger partial charge < -0.3 is 15.2 Å². The highest BCUT2D eigenvalue weighted by Gasteiger charge is 2.32. The number of nitrogens with one attached hydrogen (secondary N) is 1. The van der Waals surface area contributed by atoms with E-state index in [0.717, 1.165) is 31.6 Å². The zero-order valence-corrected chi connectivity index (χ0v) is 11.9. The Balaban J connectivity index is 1.97. The molecule has 6 heteroatoms. The van der Waals surface area contributed by atoms with Crippen LogP contribution in [0.5, 0.6) is 0 Å². The van der Waals surface area contributed by atoms with E-state index in [1.165, 1.54) is 19.1 Å². The summed E-state index contributed by atoms with van der Waals surface area (Å²) < 4.78 is 43.5. The van der Waals surface area contributed by atoms with Gasteiger partial charge in [0.2, 0.25) is 0 Å². The van der Waals surface area contributed by atoms with Gasteiger partial charge in [-0.25, -0.2) is 0 Å². The van der Waals surface area contributed by atoms with Crippen LogP contribution in [0.3, 0.4) is 0 Å². The maximum absolute atomic E-state index is 12.7. The van der Waals surface area contributed by atoms with E-state index in [0.29, 0.717) is 6.54 Å². The number of hydrogen-bond acceptors (Lipinski definition) is 3. The first kappa shape index (κ1) is 16.3. The van der Waals surface area contributed by atoms with E-state index < -0.39 is 17.3 Å². The summed E-state index contributed by atoms with van der Waals surface area (Å²) in [4.78, 5) is 0. The Hall–Kier alpha value is -1.11. The van der Waals surface area contributed by atoms with Gasteiger partial charge >= 0.3 is 6.18 Å². The number of aliphatic hydroxyl groups is 1.